The first kappa shape index (κ1) is 17.6. The van der Waals surface area contributed by atoms with Crippen molar-refractivity contribution in [3.8, 4) is 11.8 Å². The van der Waals surface area contributed by atoms with Gasteiger partial charge in [0.1, 0.15) is 24.3 Å². The molecular formula is C19H16FN3O3. The summed E-state index contributed by atoms with van der Waals surface area (Å²) in [6, 6.07) is 12.8. The SMILES string of the molecule is N#CCc1ccc(OCC(O)Cn2cnc3cc(F)ccc3c2=O)cc1. The number of hydrogen-bond acceptors (Lipinski definition) is 5. The second-order valence-electron chi connectivity index (χ2n) is 5.81. The number of ether oxygens (including phenoxy) is 1. The van der Waals surface area contributed by atoms with Crippen LogP contribution in [0, 0.1) is 17.1 Å². The molecule has 1 heterocycles. The molecule has 0 saturated heterocycles. The maximum absolute atomic E-state index is 13.2. The maximum atomic E-state index is 13.2. The van der Waals surface area contributed by atoms with E-state index in [0.29, 0.717) is 12.2 Å². The highest BCUT2D eigenvalue weighted by atomic mass is 19.1. The summed E-state index contributed by atoms with van der Waals surface area (Å²) in [5.74, 6) is 0.0987. The van der Waals surface area contributed by atoms with E-state index in [4.69, 9.17) is 10.00 Å². The molecule has 0 bridgehead atoms. The monoisotopic (exact) mass is 353 g/mol. The minimum absolute atomic E-state index is 0.00562. The molecule has 0 saturated carbocycles. The van der Waals surface area contributed by atoms with E-state index >= 15 is 0 Å². The Labute approximate surface area is 148 Å². The van der Waals surface area contributed by atoms with Crippen LogP contribution in [-0.2, 0) is 13.0 Å². The maximum Gasteiger partial charge on any atom is 0.261 e. The van der Waals surface area contributed by atoms with E-state index in [0.717, 1.165) is 5.56 Å². The van der Waals surface area contributed by atoms with Crippen LogP contribution in [0.25, 0.3) is 10.9 Å². The van der Waals surface area contributed by atoms with Gasteiger partial charge in [0, 0.05) is 6.07 Å². The summed E-state index contributed by atoms with van der Waals surface area (Å²) < 4.78 is 20.0. The Bertz CT molecular complexity index is 1010. The van der Waals surface area contributed by atoms with Crippen molar-refractivity contribution < 1.29 is 14.2 Å². The van der Waals surface area contributed by atoms with Crippen molar-refractivity contribution in [1.82, 2.24) is 9.55 Å². The fourth-order valence-corrected chi connectivity index (χ4v) is 2.53. The van der Waals surface area contributed by atoms with Crippen LogP contribution in [0.1, 0.15) is 5.56 Å². The lowest BCUT2D eigenvalue weighted by atomic mass is 10.2. The molecule has 1 unspecified atom stereocenters. The van der Waals surface area contributed by atoms with Gasteiger partial charge in [-0.1, -0.05) is 12.1 Å². The van der Waals surface area contributed by atoms with Crippen molar-refractivity contribution in [2.75, 3.05) is 6.61 Å². The number of aliphatic hydroxyl groups is 1. The molecule has 6 nitrogen and oxygen atoms in total. The second-order valence-corrected chi connectivity index (χ2v) is 5.81. The van der Waals surface area contributed by atoms with Crippen molar-refractivity contribution in [3.05, 3.63) is 70.5 Å². The lowest BCUT2D eigenvalue weighted by Gasteiger charge is -2.14. The molecule has 0 fully saturated rings. The van der Waals surface area contributed by atoms with E-state index < -0.39 is 11.9 Å². The van der Waals surface area contributed by atoms with Crippen molar-refractivity contribution in [1.29, 1.82) is 5.26 Å². The fraction of sp³-hybridized carbons (Fsp3) is 0.211. The summed E-state index contributed by atoms with van der Waals surface area (Å²) in [5.41, 5.74) is 0.801. The van der Waals surface area contributed by atoms with Crippen LogP contribution in [-0.4, -0.2) is 27.4 Å². The molecule has 1 aromatic heterocycles. The third kappa shape index (κ3) is 4.05. The first-order valence-corrected chi connectivity index (χ1v) is 7.98. The Morgan fingerprint density at radius 1 is 1.27 bits per heavy atom. The van der Waals surface area contributed by atoms with Crippen LogP contribution in [0.15, 0.2) is 53.6 Å². The summed E-state index contributed by atoms with van der Waals surface area (Å²) in [4.78, 5) is 16.4. The first-order valence-electron chi connectivity index (χ1n) is 7.98. The van der Waals surface area contributed by atoms with Gasteiger partial charge in [-0.15, -0.1) is 0 Å². The van der Waals surface area contributed by atoms with E-state index in [1.54, 1.807) is 24.3 Å². The first-order chi connectivity index (χ1) is 12.6. The van der Waals surface area contributed by atoms with Gasteiger partial charge in [0.25, 0.3) is 5.56 Å². The van der Waals surface area contributed by atoms with Gasteiger partial charge in [0.15, 0.2) is 0 Å². The standard InChI is InChI=1S/C19H16FN3O3/c20-14-3-6-17-18(9-14)22-12-23(19(17)25)10-15(24)11-26-16-4-1-13(2-5-16)7-8-21/h1-6,9,12,15,24H,7,10-11H2. The molecule has 3 aromatic rings. The number of nitriles is 1. The number of benzene rings is 2. The van der Waals surface area contributed by atoms with Gasteiger partial charge >= 0.3 is 0 Å². The van der Waals surface area contributed by atoms with E-state index in [1.807, 2.05) is 0 Å². The van der Waals surface area contributed by atoms with E-state index in [1.165, 1.54) is 29.1 Å². The van der Waals surface area contributed by atoms with Crippen molar-refractivity contribution in [3.63, 3.8) is 0 Å². The minimum Gasteiger partial charge on any atom is -0.491 e. The quantitative estimate of drug-likeness (QED) is 0.733. The zero-order chi connectivity index (χ0) is 18.5. The van der Waals surface area contributed by atoms with Crippen LogP contribution in [0.5, 0.6) is 5.75 Å². The molecule has 1 N–H and O–H groups in total. The zero-order valence-electron chi connectivity index (χ0n) is 13.8. The van der Waals surface area contributed by atoms with Crippen LogP contribution in [0.2, 0.25) is 0 Å². The lowest BCUT2D eigenvalue weighted by molar-refractivity contribution is 0.0915. The highest BCUT2D eigenvalue weighted by Crippen LogP contribution is 2.13. The summed E-state index contributed by atoms with van der Waals surface area (Å²) >= 11 is 0. The molecular weight excluding hydrogens is 337 g/mol. The third-order valence-corrected chi connectivity index (χ3v) is 3.84. The van der Waals surface area contributed by atoms with Gasteiger partial charge in [-0.2, -0.15) is 5.26 Å². The Balaban J connectivity index is 1.64. The summed E-state index contributed by atoms with van der Waals surface area (Å²) in [6.07, 6.45) is 0.681. The summed E-state index contributed by atoms with van der Waals surface area (Å²) in [6.45, 7) is -0.00282. The smallest absolute Gasteiger partial charge is 0.261 e. The number of aliphatic hydroxyl groups excluding tert-OH is 1. The minimum atomic E-state index is -0.925. The van der Waals surface area contributed by atoms with Gasteiger partial charge in [-0.05, 0) is 29.8 Å². The molecule has 7 heteroatoms. The highest BCUT2D eigenvalue weighted by molar-refractivity contribution is 5.77. The van der Waals surface area contributed by atoms with Crippen LogP contribution in [0.3, 0.4) is 0 Å². The van der Waals surface area contributed by atoms with Crippen molar-refractivity contribution >= 4 is 10.9 Å². The molecule has 0 aliphatic rings. The average Bonchev–Trinajstić information content (AvgIpc) is 2.64. The van der Waals surface area contributed by atoms with Gasteiger partial charge < -0.3 is 9.84 Å². The topological polar surface area (TPSA) is 88.1 Å². The molecule has 0 radical (unpaired) electrons. The molecule has 0 aliphatic carbocycles. The highest BCUT2D eigenvalue weighted by Gasteiger charge is 2.11. The molecule has 0 spiro atoms. The molecule has 132 valence electrons. The van der Waals surface area contributed by atoms with Crippen LogP contribution >= 0.6 is 0 Å². The summed E-state index contributed by atoms with van der Waals surface area (Å²) in [7, 11) is 0. The predicted octanol–water partition coefficient (Wildman–Crippen LogP) is 2.04. The largest absolute Gasteiger partial charge is 0.491 e. The number of halogens is 1. The number of fused-ring (bicyclic) bond motifs is 1. The van der Waals surface area contributed by atoms with Crippen LogP contribution in [0.4, 0.5) is 4.39 Å². The molecule has 2 aromatic carbocycles. The van der Waals surface area contributed by atoms with Crippen LogP contribution < -0.4 is 10.3 Å². The van der Waals surface area contributed by atoms with Crippen molar-refractivity contribution in [2.24, 2.45) is 0 Å². The molecule has 0 amide bonds. The third-order valence-electron chi connectivity index (χ3n) is 3.84. The number of hydrogen-bond donors (Lipinski definition) is 1. The Morgan fingerprint density at radius 3 is 2.77 bits per heavy atom. The number of rotatable bonds is 6. The number of aromatic nitrogens is 2. The molecule has 26 heavy (non-hydrogen) atoms. The summed E-state index contributed by atoms with van der Waals surface area (Å²) in [5, 5.41) is 19.1. The molecule has 3 rings (SSSR count). The average molecular weight is 353 g/mol. The normalized spacial score (nSPS) is 11.9. The molecule has 0 aliphatic heterocycles. The van der Waals surface area contributed by atoms with E-state index in [9.17, 15) is 14.3 Å². The number of nitrogens with zero attached hydrogens (tertiary/aromatic N) is 3. The second kappa shape index (κ2) is 7.76. The van der Waals surface area contributed by atoms with Crippen molar-refractivity contribution in [2.45, 2.75) is 19.1 Å². The zero-order valence-corrected chi connectivity index (χ0v) is 13.8. The Kier molecular flexibility index (Phi) is 5.25. The fourth-order valence-electron chi connectivity index (χ4n) is 2.53. The lowest BCUT2D eigenvalue weighted by Crippen LogP contribution is -2.30. The Hall–Kier alpha value is -3.24. The van der Waals surface area contributed by atoms with Gasteiger partial charge in [-0.25, -0.2) is 9.37 Å². The predicted molar refractivity (Wildman–Crippen MR) is 93.2 cm³/mol. The van der Waals surface area contributed by atoms with Gasteiger partial charge in [0.05, 0.1) is 36.3 Å². The van der Waals surface area contributed by atoms with E-state index in [-0.39, 0.29) is 29.6 Å². The van der Waals surface area contributed by atoms with E-state index in [2.05, 4.69) is 11.1 Å². The molecule has 1 atom stereocenters. The van der Waals surface area contributed by atoms with Gasteiger partial charge in [-0.3, -0.25) is 9.36 Å². The van der Waals surface area contributed by atoms with Gasteiger partial charge in [0.2, 0.25) is 0 Å². The Morgan fingerprint density at radius 2 is 2.04 bits per heavy atom.